The van der Waals surface area contributed by atoms with Gasteiger partial charge in [-0.05, 0) is 38.5 Å². The normalized spacial score (nSPS) is 14.5. The summed E-state index contributed by atoms with van der Waals surface area (Å²) in [5.41, 5.74) is 0. The minimum atomic E-state index is -0.829. The van der Waals surface area contributed by atoms with E-state index in [1.807, 2.05) is 91.1 Å². The van der Waals surface area contributed by atoms with Gasteiger partial charge in [-0.2, -0.15) is 0 Å². The molecule has 0 aliphatic heterocycles. The third-order valence-electron chi connectivity index (χ3n) is 9.76. The van der Waals surface area contributed by atoms with E-state index < -0.39 is 18.2 Å². The Morgan fingerprint density at radius 1 is 0.525 bits per heavy atom. The molecule has 0 bridgehead atoms. The average molecular weight is 816 g/mol. The summed E-state index contributed by atoms with van der Waals surface area (Å²) in [7, 11) is 0. The van der Waals surface area contributed by atoms with Crippen molar-refractivity contribution in [3.8, 4) is 0 Å². The van der Waals surface area contributed by atoms with Crippen molar-refractivity contribution in [1.29, 1.82) is 0 Å². The van der Waals surface area contributed by atoms with Crippen LogP contribution in [0.2, 0.25) is 0 Å². The molecule has 6 heteroatoms. The minimum absolute atomic E-state index is 0.0375. The molecule has 3 atom stereocenters. The van der Waals surface area contributed by atoms with Crippen LogP contribution in [0.3, 0.4) is 0 Å². The number of aliphatic hydroxyl groups is 2. The second-order valence-electron chi connectivity index (χ2n) is 15.3. The van der Waals surface area contributed by atoms with Crippen molar-refractivity contribution in [2.75, 3.05) is 6.61 Å². The number of amides is 1. The number of nitrogens with one attached hydrogen (secondary N) is 1. The zero-order chi connectivity index (χ0) is 43.1. The van der Waals surface area contributed by atoms with Crippen molar-refractivity contribution in [3.05, 3.63) is 122 Å². The second-order valence-corrected chi connectivity index (χ2v) is 15.3. The predicted octanol–water partition coefficient (Wildman–Crippen LogP) is 13.7. The van der Waals surface area contributed by atoms with Crippen molar-refractivity contribution in [1.82, 2.24) is 5.32 Å². The summed E-state index contributed by atoms with van der Waals surface area (Å²) < 4.78 is 5.81. The molecule has 0 aromatic carbocycles. The van der Waals surface area contributed by atoms with Crippen LogP contribution >= 0.6 is 0 Å². The number of esters is 1. The molecular weight excluding hydrogens is 731 g/mol. The molecule has 0 saturated heterocycles. The number of hydrogen-bond acceptors (Lipinski definition) is 5. The highest BCUT2D eigenvalue weighted by Gasteiger charge is 2.23. The topological polar surface area (TPSA) is 95.9 Å². The van der Waals surface area contributed by atoms with E-state index in [0.717, 1.165) is 70.6 Å². The Morgan fingerprint density at radius 2 is 0.983 bits per heavy atom. The number of rotatable bonds is 39. The van der Waals surface area contributed by atoms with Gasteiger partial charge in [-0.15, -0.1) is 0 Å². The van der Waals surface area contributed by atoms with Gasteiger partial charge in [0.2, 0.25) is 5.91 Å². The first-order valence-corrected chi connectivity index (χ1v) is 23.4. The molecule has 0 heterocycles. The summed E-state index contributed by atoms with van der Waals surface area (Å²) in [6, 6.07) is -0.752. The van der Waals surface area contributed by atoms with E-state index in [2.05, 4.69) is 56.5 Å². The quantitative estimate of drug-likeness (QED) is 0.0326. The first kappa shape index (κ1) is 55.3. The van der Waals surface area contributed by atoms with E-state index in [1.165, 1.54) is 57.8 Å². The fourth-order valence-corrected chi connectivity index (χ4v) is 6.24. The van der Waals surface area contributed by atoms with Gasteiger partial charge in [0, 0.05) is 12.8 Å². The predicted molar refractivity (Wildman–Crippen MR) is 254 cm³/mol. The van der Waals surface area contributed by atoms with Gasteiger partial charge >= 0.3 is 5.97 Å². The Kier molecular flexibility index (Phi) is 42.5. The highest BCUT2D eigenvalue weighted by molar-refractivity contribution is 5.77. The van der Waals surface area contributed by atoms with E-state index in [4.69, 9.17) is 4.74 Å². The molecule has 332 valence electrons. The van der Waals surface area contributed by atoms with Gasteiger partial charge in [0.15, 0.2) is 0 Å². The van der Waals surface area contributed by atoms with E-state index in [9.17, 15) is 19.8 Å². The molecule has 0 aromatic heterocycles. The van der Waals surface area contributed by atoms with Crippen molar-refractivity contribution in [3.63, 3.8) is 0 Å². The molecule has 3 unspecified atom stereocenters. The number of carbonyl (C=O) groups is 2. The fraction of sp³-hybridized carbons (Fsp3) is 0.585. The molecule has 0 rings (SSSR count). The van der Waals surface area contributed by atoms with Crippen LogP contribution in [0, 0.1) is 0 Å². The number of carbonyl (C=O) groups excluding carboxylic acids is 2. The van der Waals surface area contributed by atoms with E-state index in [-0.39, 0.29) is 24.9 Å². The van der Waals surface area contributed by atoms with Gasteiger partial charge < -0.3 is 20.3 Å². The summed E-state index contributed by atoms with van der Waals surface area (Å²) in [6.45, 7) is 6.17. The average Bonchev–Trinajstić information content (AvgIpc) is 3.23. The van der Waals surface area contributed by atoms with E-state index in [1.54, 1.807) is 0 Å². The number of ether oxygens (including phenoxy) is 1. The fourth-order valence-electron chi connectivity index (χ4n) is 6.24. The van der Waals surface area contributed by atoms with Crippen molar-refractivity contribution in [2.24, 2.45) is 0 Å². The van der Waals surface area contributed by atoms with Crippen LogP contribution < -0.4 is 5.32 Å². The smallest absolute Gasteiger partial charge is 0.306 e. The number of hydrogen-bond donors (Lipinski definition) is 3. The molecule has 0 aliphatic rings. The maximum absolute atomic E-state index is 13.1. The van der Waals surface area contributed by atoms with Gasteiger partial charge in [0.1, 0.15) is 6.10 Å². The van der Waals surface area contributed by atoms with E-state index >= 15 is 0 Å². The summed E-state index contributed by atoms with van der Waals surface area (Å²) in [6.07, 6.45) is 62.7. The Balaban J connectivity index is 4.77. The molecule has 0 saturated carbocycles. The first-order chi connectivity index (χ1) is 29.0. The largest absolute Gasteiger partial charge is 0.461 e. The van der Waals surface area contributed by atoms with Crippen LogP contribution in [0.15, 0.2) is 122 Å². The number of allylic oxidation sites excluding steroid dienone is 19. The van der Waals surface area contributed by atoms with Crippen LogP contribution in [0.5, 0.6) is 0 Å². The zero-order valence-electron chi connectivity index (χ0n) is 37.6. The van der Waals surface area contributed by atoms with Gasteiger partial charge in [-0.25, -0.2) is 0 Å². The van der Waals surface area contributed by atoms with Crippen LogP contribution in [0.25, 0.3) is 0 Å². The molecule has 0 fully saturated rings. The van der Waals surface area contributed by atoms with Crippen molar-refractivity contribution >= 4 is 11.9 Å². The Labute approximate surface area is 361 Å². The maximum Gasteiger partial charge on any atom is 0.306 e. The van der Waals surface area contributed by atoms with Crippen LogP contribution in [0.4, 0.5) is 0 Å². The molecule has 6 nitrogen and oxygen atoms in total. The molecule has 59 heavy (non-hydrogen) atoms. The maximum atomic E-state index is 13.1. The highest BCUT2D eigenvalue weighted by Crippen LogP contribution is 2.15. The summed E-state index contributed by atoms with van der Waals surface area (Å²) >= 11 is 0. The van der Waals surface area contributed by atoms with Gasteiger partial charge in [-0.3, -0.25) is 9.59 Å². The third kappa shape index (κ3) is 40.8. The SMILES string of the molecule is CC/C=C/C=C/C=C\C=C/C=C/CC(CC(=O)NC(CO)C(O)CCCCCCCCCCCCC)OC(=O)CCCCCCC/C=C/C=C/C=C/C=C/C=C/CCC. The Bertz CT molecular complexity index is 1280. The molecule has 1 amide bonds. The highest BCUT2D eigenvalue weighted by atomic mass is 16.5. The van der Waals surface area contributed by atoms with Crippen molar-refractivity contribution in [2.45, 2.75) is 193 Å². The first-order valence-electron chi connectivity index (χ1n) is 23.4. The summed E-state index contributed by atoms with van der Waals surface area (Å²) in [4.78, 5) is 26.0. The molecular formula is C53H85NO5. The van der Waals surface area contributed by atoms with Gasteiger partial charge in [0.25, 0.3) is 0 Å². The standard InChI is InChI=1S/C53H85NO5/c1-4-7-10-13-16-19-22-23-24-25-26-27-28-31-34-37-40-43-46-53(58)59-49(44-41-38-35-32-29-20-17-14-11-8-5-2)47-52(57)54-50(48-55)51(56)45-42-39-36-33-30-21-18-15-12-9-6-3/h8,10-11,13-14,16-17,19-20,22-27,29,32,35,38,41,49-51,55-56H,4-7,9,12,15,18,21,28,30-31,33-34,36-37,39-40,42-48H2,1-3H3,(H,54,57)/b11-8+,13-10+,17-14+,19-16+,23-22+,25-24+,27-26+,29-20-,35-32-,41-38+. The Hall–Kier alpha value is -3.74. The molecule has 0 aliphatic carbocycles. The molecule has 0 radical (unpaired) electrons. The lowest BCUT2D eigenvalue weighted by Gasteiger charge is -2.24. The lowest BCUT2D eigenvalue weighted by molar-refractivity contribution is -0.150. The van der Waals surface area contributed by atoms with Crippen molar-refractivity contribution < 1.29 is 24.5 Å². The Morgan fingerprint density at radius 3 is 1.51 bits per heavy atom. The molecule has 0 spiro atoms. The zero-order valence-corrected chi connectivity index (χ0v) is 37.6. The molecule has 0 aromatic rings. The molecule has 3 N–H and O–H groups in total. The summed E-state index contributed by atoms with van der Waals surface area (Å²) in [5.74, 6) is -0.652. The van der Waals surface area contributed by atoms with E-state index in [0.29, 0.717) is 19.3 Å². The minimum Gasteiger partial charge on any atom is -0.461 e. The van der Waals surface area contributed by atoms with Gasteiger partial charge in [-0.1, -0.05) is 239 Å². The summed E-state index contributed by atoms with van der Waals surface area (Å²) in [5, 5.41) is 23.6. The lowest BCUT2D eigenvalue weighted by atomic mass is 10.0. The third-order valence-corrected chi connectivity index (χ3v) is 9.76. The van der Waals surface area contributed by atoms with Crippen LogP contribution in [-0.4, -0.2) is 46.9 Å². The van der Waals surface area contributed by atoms with Gasteiger partial charge in [0.05, 0.1) is 25.2 Å². The second kappa shape index (κ2) is 45.3. The number of unbranched alkanes of at least 4 members (excludes halogenated alkanes) is 16. The number of aliphatic hydroxyl groups excluding tert-OH is 2. The van der Waals surface area contributed by atoms with Crippen LogP contribution in [0.1, 0.15) is 175 Å². The monoisotopic (exact) mass is 816 g/mol. The van der Waals surface area contributed by atoms with Crippen LogP contribution in [-0.2, 0) is 14.3 Å². The lowest BCUT2D eigenvalue weighted by Crippen LogP contribution is -2.46.